The lowest BCUT2D eigenvalue weighted by atomic mass is 10.2. The minimum Gasteiger partial charge on any atom is -0.398 e. The van der Waals surface area contributed by atoms with E-state index in [1.54, 1.807) is 39.0 Å². The van der Waals surface area contributed by atoms with Crippen LogP contribution in [0.1, 0.15) is 19.4 Å². The Labute approximate surface area is 90.5 Å². The van der Waals surface area contributed by atoms with Crippen molar-refractivity contribution in [1.82, 2.24) is 4.72 Å². The highest BCUT2D eigenvalue weighted by Crippen LogP contribution is 2.20. The molecule has 1 aromatic rings. The first-order valence-corrected chi connectivity index (χ1v) is 6.20. The lowest BCUT2D eigenvalue weighted by Crippen LogP contribution is -2.30. The van der Waals surface area contributed by atoms with Crippen molar-refractivity contribution < 1.29 is 8.42 Å². The monoisotopic (exact) mass is 228 g/mol. The van der Waals surface area contributed by atoms with Crippen molar-refractivity contribution in [2.75, 3.05) is 5.73 Å². The first-order valence-electron chi connectivity index (χ1n) is 4.72. The van der Waals surface area contributed by atoms with E-state index in [0.717, 1.165) is 0 Å². The molecule has 0 aliphatic heterocycles. The van der Waals surface area contributed by atoms with Crippen LogP contribution in [0.5, 0.6) is 0 Å². The molecule has 0 spiro atoms. The smallest absolute Gasteiger partial charge is 0.241 e. The Bertz CT molecular complexity index is 452. The highest BCUT2D eigenvalue weighted by molar-refractivity contribution is 7.89. The minimum absolute atomic E-state index is 0.129. The van der Waals surface area contributed by atoms with E-state index in [-0.39, 0.29) is 10.9 Å². The molecule has 0 bridgehead atoms. The van der Waals surface area contributed by atoms with Crippen molar-refractivity contribution in [3.63, 3.8) is 0 Å². The molecule has 84 valence electrons. The highest BCUT2D eigenvalue weighted by Gasteiger charge is 2.18. The number of sulfonamides is 1. The van der Waals surface area contributed by atoms with Crippen LogP contribution in [0, 0.1) is 6.92 Å². The van der Waals surface area contributed by atoms with Crippen molar-refractivity contribution in [3.8, 4) is 0 Å². The predicted octanol–water partition coefficient (Wildman–Crippen LogP) is 1.26. The van der Waals surface area contributed by atoms with Crippen LogP contribution in [0.4, 0.5) is 5.69 Å². The molecule has 0 aromatic heterocycles. The third-order valence-corrected chi connectivity index (χ3v) is 3.81. The number of benzene rings is 1. The molecule has 1 rings (SSSR count). The van der Waals surface area contributed by atoms with Gasteiger partial charge in [0.1, 0.15) is 0 Å². The first-order chi connectivity index (χ1) is 6.84. The Morgan fingerprint density at radius 1 is 1.33 bits per heavy atom. The summed E-state index contributed by atoms with van der Waals surface area (Å²) in [7, 11) is -3.44. The van der Waals surface area contributed by atoms with Crippen LogP contribution < -0.4 is 10.5 Å². The average Bonchev–Trinajstić information content (AvgIpc) is 2.07. The Morgan fingerprint density at radius 2 is 1.93 bits per heavy atom. The van der Waals surface area contributed by atoms with E-state index in [4.69, 9.17) is 5.73 Å². The molecule has 0 aliphatic rings. The zero-order valence-electron chi connectivity index (χ0n) is 9.11. The Kier molecular flexibility index (Phi) is 3.36. The summed E-state index contributed by atoms with van der Waals surface area (Å²) in [5.74, 6) is 0. The van der Waals surface area contributed by atoms with Gasteiger partial charge in [0.05, 0.1) is 4.90 Å². The van der Waals surface area contributed by atoms with E-state index in [9.17, 15) is 8.42 Å². The zero-order chi connectivity index (χ0) is 11.6. The Hall–Kier alpha value is -1.07. The second-order valence-electron chi connectivity index (χ2n) is 3.75. The van der Waals surface area contributed by atoms with Gasteiger partial charge in [-0.1, -0.05) is 6.07 Å². The fourth-order valence-corrected chi connectivity index (χ4v) is 2.82. The van der Waals surface area contributed by atoms with Crippen LogP contribution in [0.3, 0.4) is 0 Å². The fraction of sp³-hybridized carbons (Fsp3) is 0.400. The van der Waals surface area contributed by atoms with Crippen molar-refractivity contribution in [1.29, 1.82) is 0 Å². The lowest BCUT2D eigenvalue weighted by molar-refractivity contribution is 0.569. The van der Waals surface area contributed by atoms with Gasteiger partial charge in [0.25, 0.3) is 0 Å². The third-order valence-electron chi connectivity index (χ3n) is 2.01. The molecule has 0 aliphatic carbocycles. The topological polar surface area (TPSA) is 72.2 Å². The molecule has 4 nitrogen and oxygen atoms in total. The van der Waals surface area contributed by atoms with E-state index in [1.807, 2.05) is 0 Å². The van der Waals surface area contributed by atoms with E-state index in [1.165, 1.54) is 0 Å². The summed E-state index contributed by atoms with van der Waals surface area (Å²) in [5, 5.41) is 0. The van der Waals surface area contributed by atoms with Crippen LogP contribution in [-0.2, 0) is 10.0 Å². The number of hydrogen-bond acceptors (Lipinski definition) is 3. The molecule has 0 saturated heterocycles. The number of nitrogens with one attached hydrogen (secondary N) is 1. The number of anilines is 1. The van der Waals surface area contributed by atoms with Gasteiger partial charge in [-0.2, -0.15) is 0 Å². The molecule has 5 heteroatoms. The van der Waals surface area contributed by atoms with E-state index in [0.29, 0.717) is 11.3 Å². The normalized spacial score (nSPS) is 12.0. The van der Waals surface area contributed by atoms with Gasteiger partial charge < -0.3 is 5.73 Å². The van der Waals surface area contributed by atoms with Crippen LogP contribution in [0.25, 0.3) is 0 Å². The molecule has 0 saturated carbocycles. The number of nitrogen functional groups attached to an aromatic ring is 1. The minimum atomic E-state index is -3.44. The van der Waals surface area contributed by atoms with Crippen LogP contribution in [0.2, 0.25) is 0 Å². The van der Waals surface area contributed by atoms with Crippen molar-refractivity contribution in [2.45, 2.75) is 31.7 Å². The van der Waals surface area contributed by atoms with Crippen molar-refractivity contribution in [2.24, 2.45) is 0 Å². The molecule has 15 heavy (non-hydrogen) atoms. The maximum atomic E-state index is 11.8. The maximum Gasteiger partial charge on any atom is 0.241 e. The number of hydrogen-bond donors (Lipinski definition) is 2. The number of rotatable bonds is 3. The van der Waals surface area contributed by atoms with E-state index < -0.39 is 10.0 Å². The molecule has 0 fully saturated rings. The molecule has 1 aromatic carbocycles. The second kappa shape index (κ2) is 4.20. The summed E-state index contributed by atoms with van der Waals surface area (Å²) in [6.45, 7) is 5.25. The van der Waals surface area contributed by atoms with Gasteiger partial charge in [0.15, 0.2) is 0 Å². The molecule has 0 unspecified atom stereocenters. The van der Waals surface area contributed by atoms with Crippen LogP contribution >= 0.6 is 0 Å². The third kappa shape index (κ3) is 2.70. The standard InChI is InChI=1S/C10H16N2O2S/c1-7(2)12-15(13,14)10-6-4-5-9(11)8(10)3/h4-7,12H,11H2,1-3H3. The molecule has 3 N–H and O–H groups in total. The second-order valence-corrected chi connectivity index (χ2v) is 5.43. The van der Waals surface area contributed by atoms with Gasteiger partial charge >= 0.3 is 0 Å². The highest BCUT2D eigenvalue weighted by atomic mass is 32.2. The predicted molar refractivity (Wildman–Crippen MR) is 61.0 cm³/mol. The first kappa shape index (κ1) is 12.0. The Morgan fingerprint density at radius 3 is 2.47 bits per heavy atom. The van der Waals surface area contributed by atoms with Gasteiger partial charge in [-0.05, 0) is 38.5 Å². The molecule has 0 radical (unpaired) electrons. The van der Waals surface area contributed by atoms with E-state index in [2.05, 4.69) is 4.72 Å². The summed E-state index contributed by atoms with van der Waals surface area (Å²) >= 11 is 0. The van der Waals surface area contributed by atoms with Crippen LogP contribution in [-0.4, -0.2) is 14.5 Å². The van der Waals surface area contributed by atoms with Crippen LogP contribution in [0.15, 0.2) is 23.1 Å². The molecule has 0 heterocycles. The van der Waals surface area contributed by atoms with Gasteiger partial charge in [-0.25, -0.2) is 13.1 Å². The molecule has 0 atom stereocenters. The molecule has 0 amide bonds. The van der Waals surface area contributed by atoms with Gasteiger partial charge in [0.2, 0.25) is 10.0 Å². The molecular formula is C10H16N2O2S. The van der Waals surface area contributed by atoms with Gasteiger partial charge in [-0.15, -0.1) is 0 Å². The zero-order valence-corrected chi connectivity index (χ0v) is 9.93. The summed E-state index contributed by atoms with van der Waals surface area (Å²) in [4.78, 5) is 0.246. The largest absolute Gasteiger partial charge is 0.398 e. The van der Waals surface area contributed by atoms with Gasteiger partial charge in [0, 0.05) is 11.7 Å². The molecular weight excluding hydrogens is 212 g/mol. The van der Waals surface area contributed by atoms with Crippen molar-refractivity contribution in [3.05, 3.63) is 23.8 Å². The van der Waals surface area contributed by atoms with Gasteiger partial charge in [-0.3, -0.25) is 0 Å². The summed E-state index contributed by atoms with van der Waals surface area (Å²) in [6, 6.07) is 4.74. The summed E-state index contributed by atoms with van der Waals surface area (Å²) < 4.78 is 26.2. The maximum absolute atomic E-state index is 11.8. The SMILES string of the molecule is Cc1c(N)cccc1S(=O)(=O)NC(C)C. The van der Waals surface area contributed by atoms with Crippen molar-refractivity contribution >= 4 is 15.7 Å². The lowest BCUT2D eigenvalue weighted by Gasteiger charge is -2.12. The average molecular weight is 228 g/mol. The number of nitrogens with two attached hydrogens (primary N) is 1. The fourth-order valence-electron chi connectivity index (χ4n) is 1.30. The quantitative estimate of drug-likeness (QED) is 0.765. The summed E-state index contributed by atoms with van der Waals surface area (Å²) in [5.41, 5.74) is 6.73. The summed E-state index contributed by atoms with van der Waals surface area (Å²) in [6.07, 6.45) is 0. The van der Waals surface area contributed by atoms with E-state index >= 15 is 0 Å². The Balaban J connectivity index is 3.22.